The number of hydrogen-bond acceptors (Lipinski definition) is 3. The highest BCUT2D eigenvalue weighted by atomic mass is 32.2. The Balaban J connectivity index is 2.46. The molecule has 4 heteroatoms. The summed E-state index contributed by atoms with van der Waals surface area (Å²) in [5.74, 6) is 0. The topological polar surface area (TPSA) is 47.0 Å². The molecule has 0 saturated carbocycles. The molecular weight excluding hydrogens is 258 g/mol. The van der Waals surface area contributed by atoms with Crippen molar-refractivity contribution in [3.63, 3.8) is 0 Å². The third-order valence-corrected chi connectivity index (χ3v) is 4.07. The van der Waals surface area contributed by atoms with Crippen LogP contribution in [0.3, 0.4) is 0 Å². The molecule has 0 atom stereocenters. The summed E-state index contributed by atoms with van der Waals surface area (Å²) in [6, 6.07) is 8.67. The molecule has 0 fully saturated rings. The number of pyridine rings is 1. The predicted molar refractivity (Wildman–Crippen MR) is 77.6 cm³/mol. The highest BCUT2D eigenvalue weighted by molar-refractivity contribution is 7.90. The van der Waals surface area contributed by atoms with Crippen LogP contribution in [-0.2, 0) is 9.84 Å². The molecule has 0 bridgehead atoms. The molecule has 0 saturated heterocycles. The number of benzene rings is 1. The first-order valence-corrected chi connectivity index (χ1v) is 7.70. The molecule has 0 aliphatic carbocycles. The van der Waals surface area contributed by atoms with E-state index in [1.54, 1.807) is 36.5 Å². The van der Waals surface area contributed by atoms with Gasteiger partial charge in [-0.15, -0.1) is 0 Å². The van der Waals surface area contributed by atoms with Crippen LogP contribution in [0.4, 0.5) is 0 Å². The van der Waals surface area contributed by atoms with Gasteiger partial charge in [0.2, 0.25) is 0 Å². The van der Waals surface area contributed by atoms with Gasteiger partial charge in [-0.05, 0) is 36.2 Å². The lowest BCUT2D eigenvalue weighted by Crippen LogP contribution is -1.96. The van der Waals surface area contributed by atoms with Crippen molar-refractivity contribution in [3.05, 3.63) is 54.2 Å². The number of rotatable bonds is 3. The average molecular weight is 273 g/mol. The van der Waals surface area contributed by atoms with E-state index in [0.29, 0.717) is 4.90 Å². The van der Waals surface area contributed by atoms with Crippen molar-refractivity contribution >= 4 is 15.9 Å². The second-order valence-corrected chi connectivity index (χ2v) is 6.44. The van der Waals surface area contributed by atoms with Gasteiger partial charge in [0.1, 0.15) is 0 Å². The fourth-order valence-electron chi connectivity index (χ4n) is 1.79. The van der Waals surface area contributed by atoms with E-state index in [2.05, 4.69) is 11.6 Å². The van der Waals surface area contributed by atoms with E-state index in [1.807, 2.05) is 13.0 Å². The Bertz CT molecular complexity index is 716. The summed E-state index contributed by atoms with van der Waals surface area (Å²) >= 11 is 0. The van der Waals surface area contributed by atoms with Gasteiger partial charge in [0.05, 0.1) is 10.6 Å². The molecule has 0 amide bonds. The Morgan fingerprint density at radius 1 is 1.21 bits per heavy atom. The summed E-state index contributed by atoms with van der Waals surface area (Å²) < 4.78 is 22.8. The van der Waals surface area contributed by atoms with Crippen molar-refractivity contribution in [2.75, 3.05) is 6.26 Å². The maximum absolute atomic E-state index is 11.4. The smallest absolute Gasteiger partial charge is 0.175 e. The Kier molecular flexibility index (Phi) is 3.53. The quantitative estimate of drug-likeness (QED) is 0.863. The van der Waals surface area contributed by atoms with Gasteiger partial charge in [0, 0.05) is 18.0 Å². The molecular formula is C15H15NO2S. The van der Waals surface area contributed by atoms with E-state index >= 15 is 0 Å². The lowest BCUT2D eigenvalue weighted by molar-refractivity contribution is 0.602. The van der Waals surface area contributed by atoms with Crippen LogP contribution in [-0.4, -0.2) is 19.7 Å². The second kappa shape index (κ2) is 4.97. The highest BCUT2D eigenvalue weighted by Crippen LogP contribution is 2.22. The van der Waals surface area contributed by atoms with Crippen molar-refractivity contribution in [2.24, 2.45) is 0 Å². The molecule has 0 aliphatic heterocycles. The second-order valence-electron chi connectivity index (χ2n) is 4.43. The van der Waals surface area contributed by atoms with Crippen LogP contribution in [0.15, 0.2) is 48.0 Å². The molecule has 98 valence electrons. The van der Waals surface area contributed by atoms with Gasteiger partial charge in [-0.3, -0.25) is 4.98 Å². The van der Waals surface area contributed by atoms with Crippen molar-refractivity contribution in [1.29, 1.82) is 0 Å². The van der Waals surface area contributed by atoms with Crippen molar-refractivity contribution in [1.82, 2.24) is 4.98 Å². The molecule has 2 rings (SSSR count). The van der Waals surface area contributed by atoms with E-state index in [-0.39, 0.29) is 0 Å². The molecule has 1 heterocycles. The zero-order valence-corrected chi connectivity index (χ0v) is 11.7. The van der Waals surface area contributed by atoms with Gasteiger partial charge >= 0.3 is 0 Å². The largest absolute Gasteiger partial charge is 0.256 e. The standard InChI is InChI=1S/C15H15NO2S/c1-4-12-9-15(16-10-11(12)2)13-5-7-14(8-6-13)19(3,17)18/h4-10H,1H2,2-3H3. The lowest BCUT2D eigenvalue weighted by Gasteiger charge is -2.06. The molecule has 3 nitrogen and oxygen atoms in total. The van der Waals surface area contributed by atoms with E-state index in [4.69, 9.17) is 0 Å². The molecule has 19 heavy (non-hydrogen) atoms. The van der Waals surface area contributed by atoms with E-state index < -0.39 is 9.84 Å². The van der Waals surface area contributed by atoms with Gasteiger partial charge in [-0.1, -0.05) is 24.8 Å². The molecule has 0 radical (unpaired) electrons. The first-order chi connectivity index (χ1) is 8.91. The number of hydrogen-bond donors (Lipinski definition) is 0. The maximum atomic E-state index is 11.4. The van der Waals surface area contributed by atoms with Gasteiger partial charge in [0.15, 0.2) is 9.84 Å². The van der Waals surface area contributed by atoms with Gasteiger partial charge in [0.25, 0.3) is 0 Å². The SMILES string of the molecule is C=Cc1cc(-c2ccc(S(C)(=O)=O)cc2)ncc1C. The molecule has 0 spiro atoms. The first kappa shape index (κ1) is 13.5. The van der Waals surface area contributed by atoms with Gasteiger partial charge in [-0.2, -0.15) is 0 Å². The lowest BCUT2D eigenvalue weighted by atomic mass is 10.1. The minimum atomic E-state index is -3.16. The summed E-state index contributed by atoms with van der Waals surface area (Å²) in [5.41, 5.74) is 3.78. The molecule has 0 N–H and O–H groups in total. The highest BCUT2D eigenvalue weighted by Gasteiger charge is 2.07. The number of nitrogens with zero attached hydrogens (tertiary/aromatic N) is 1. The summed E-state index contributed by atoms with van der Waals surface area (Å²) in [6.45, 7) is 5.74. The predicted octanol–water partition coefficient (Wildman–Crippen LogP) is 3.10. The van der Waals surface area contributed by atoms with Crippen LogP contribution in [0.25, 0.3) is 17.3 Å². The minimum Gasteiger partial charge on any atom is -0.256 e. The van der Waals surface area contributed by atoms with Crippen LogP contribution < -0.4 is 0 Å². The Labute approximate surface area is 113 Å². The first-order valence-electron chi connectivity index (χ1n) is 5.81. The van der Waals surface area contributed by atoms with Crippen LogP contribution in [0.2, 0.25) is 0 Å². The normalized spacial score (nSPS) is 11.3. The van der Waals surface area contributed by atoms with Crippen LogP contribution in [0.1, 0.15) is 11.1 Å². The molecule has 1 aromatic heterocycles. The summed E-state index contributed by atoms with van der Waals surface area (Å²) in [7, 11) is -3.16. The van der Waals surface area contributed by atoms with Crippen molar-refractivity contribution < 1.29 is 8.42 Å². The van der Waals surface area contributed by atoms with Gasteiger partial charge in [-0.25, -0.2) is 8.42 Å². The van der Waals surface area contributed by atoms with Crippen molar-refractivity contribution in [3.8, 4) is 11.3 Å². The fourth-order valence-corrected chi connectivity index (χ4v) is 2.42. The average Bonchev–Trinajstić information content (AvgIpc) is 2.38. The minimum absolute atomic E-state index is 0.312. The molecule has 1 aromatic carbocycles. The molecule has 0 aliphatic rings. The number of aryl methyl sites for hydroxylation is 1. The number of aromatic nitrogens is 1. The summed E-state index contributed by atoms with van der Waals surface area (Å²) in [4.78, 5) is 4.66. The zero-order valence-electron chi connectivity index (χ0n) is 10.9. The van der Waals surface area contributed by atoms with Crippen LogP contribution >= 0.6 is 0 Å². The monoisotopic (exact) mass is 273 g/mol. The maximum Gasteiger partial charge on any atom is 0.175 e. The van der Waals surface area contributed by atoms with Crippen LogP contribution in [0, 0.1) is 6.92 Å². The Morgan fingerprint density at radius 2 is 1.84 bits per heavy atom. The van der Waals surface area contributed by atoms with E-state index in [1.165, 1.54) is 6.26 Å². The van der Waals surface area contributed by atoms with E-state index in [0.717, 1.165) is 22.4 Å². The van der Waals surface area contributed by atoms with Crippen LogP contribution in [0.5, 0.6) is 0 Å². The summed E-state index contributed by atoms with van der Waals surface area (Å²) in [6.07, 6.45) is 4.77. The number of sulfone groups is 1. The third-order valence-electron chi connectivity index (χ3n) is 2.94. The van der Waals surface area contributed by atoms with Crippen molar-refractivity contribution in [2.45, 2.75) is 11.8 Å². The third kappa shape index (κ3) is 2.90. The Morgan fingerprint density at radius 3 is 2.37 bits per heavy atom. The molecule has 2 aromatic rings. The Hall–Kier alpha value is -1.94. The van der Waals surface area contributed by atoms with Gasteiger partial charge < -0.3 is 0 Å². The zero-order chi connectivity index (χ0) is 14.0. The molecule has 0 unspecified atom stereocenters. The fraction of sp³-hybridized carbons (Fsp3) is 0.133. The summed E-state index contributed by atoms with van der Waals surface area (Å²) in [5, 5.41) is 0. The van der Waals surface area contributed by atoms with E-state index in [9.17, 15) is 8.42 Å².